The summed E-state index contributed by atoms with van der Waals surface area (Å²) >= 11 is 6.19. The second-order valence-electron chi connectivity index (χ2n) is 7.23. The van der Waals surface area contributed by atoms with Gasteiger partial charge in [0.25, 0.3) is 11.7 Å². The molecule has 2 N–H and O–H groups in total. The van der Waals surface area contributed by atoms with Crippen molar-refractivity contribution in [3.8, 4) is 11.5 Å². The summed E-state index contributed by atoms with van der Waals surface area (Å²) in [6.07, 6.45) is 3.21. The number of aromatic hydroxyl groups is 1. The molecular weight excluding hydrogens is 432 g/mol. The molecule has 1 aliphatic heterocycles. The average molecular weight is 451 g/mol. The van der Waals surface area contributed by atoms with Crippen LogP contribution >= 0.6 is 11.6 Å². The zero-order valence-electron chi connectivity index (χ0n) is 17.0. The number of hydrogen-bond donors (Lipinski definition) is 2. The van der Waals surface area contributed by atoms with E-state index in [0.29, 0.717) is 16.9 Å². The molecule has 1 aliphatic rings. The summed E-state index contributed by atoms with van der Waals surface area (Å²) in [7, 11) is 1.46. The number of methoxy groups -OCH3 is 1. The number of Topliss-reactive ketones (excluding diaryl/α,β-unsaturated/α-hetero) is 1. The highest BCUT2D eigenvalue weighted by Gasteiger charge is 2.46. The number of aliphatic hydroxyl groups is 1. The van der Waals surface area contributed by atoms with E-state index < -0.39 is 17.7 Å². The molecule has 2 aromatic carbocycles. The summed E-state index contributed by atoms with van der Waals surface area (Å²) in [6, 6.07) is 13.4. The van der Waals surface area contributed by atoms with E-state index in [1.807, 2.05) is 0 Å². The van der Waals surface area contributed by atoms with Gasteiger partial charge in [0.15, 0.2) is 0 Å². The van der Waals surface area contributed by atoms with Gasteiger partial charge in [-0.25, -0.2) is 0 Å². The molecule has 1 atom stereocenters. The fraction of sp³-hybridized carbons (Fsp3) is 0.125. The minimum atomic E-state index is -0.914. The zero-order valence-corrected chi connectivity index (χ0v) is 17.8. The molecule has 1 unspecified atom stereocenters. The lowest BCUT2D eigenvalue weighted by molar-refractivity contribution is -0.140. The number of halogens is 1. The van der Waals surface area contributed by atoms with E-state index in [1.165, 1.54) is 30.2 Å². The van der Waals surface area contributed by atoms with Gasteiger partial charge < -0.3 is 19.8 Å². The van der Waals surface area contributed by atoms with E-state index in [0.717, 1.165) is 0 Å². The molecule has 0 aliphatic carbocycles. The molecule has 0 saturated carbocycles. The highest BCUT2D eigenvalue weighted by molar-refractivity contribution is 6.46. The number of phenols is 1. The smallest absolute Gasteiger partial charge is 0.295 e. The lowest BCUT2D eigenvalue weighted by atomic mass is 9.95. The molecular formula is C24H19ClN2O5. The van der Waals surface area contributed by atoms with E-state index in [-0.39, 0.29) is 34.2 Å². The third-order valence-corrected chi connectivity index (χ3v) is 5.52. The summed E-state index contributed by atoms with van der Waals surface area (Å²) in [6.45, 7) is 0.0961. The number of carbonyl (C=O) groups is 2. The SMILES string of the molecule is COc1ccc(/C(O)=C2/C(=O)C(=O)N(Cc3cccnc3)C2c2cccc(O)c2)cc1Cl. The van der Waals surface area contributed by atoms with Gasteiger partial charge in [-0.05, 0) is 47.5 Å². The summed E-state index contributed by atoms with van der Waals surface area (Å²) in [5.74, 6) is -1.57. The van der Waals surface area contributed by atoms with Gasteiger partial charge in [0, 0.05) is 24.5 Å². The molecule has 32 heavy (non-hydrogen) atoms. The maximum absolute atomic E-state index is 13.1. The van der Waals surface area contributed by atoms with Gasteiger partial charge in [0.2, 0.25) is 0 Å². The van der Waals surface area contributed by atoms with Crippen molar-refractivity contribution in [3.63, 3.8) is 0 Å². The Balaban J connectivity index is 1.87. The van der Waals surface area contributed by atoms with Crippen LogP contribution in [-0.4, -0.2) is 38.9 Å². The first-order valence-corrected chi connectivity index (χ1v) is 10.1. The standard InChI is InChI=1S/C24H19ClN2O5/c1-32-19-8-7-16(11-18(19)25)22(29)20-21(15-5-2-6-17(28)10-15)27(24(31)23(20)30)13-14-4-3-9-26-12-14/h2-12,21,28-29H,13H2,1H3/b22-20-. The fourth-order valence-corrected chi connectivity index (χ4v) is 4.00. The first kappa shape index (κ1) is 21.4. The molecule has 8 heteroatoms. The number of phenolic OH excluding ortho intramolecular Hbond substituents is 1. The number of hydrogen-bond acceptors (Lipinski definition) is 6. The first-order chi connectivity index (χ1) is 15.4. The van der Waals surface area contributed by atoms with Crippen LogP contribution in [0.1, 0.15) is 22.7 Å². The van der Waals surface area contributed by atoms with Crippen LogP contribution in [-0.2, 0) is 16.1 Å². The predicted molar refractivity (Wildman–Crippen MR) is 118 cm³/mol. The number of amides is 1. The van der Waals surface area contributed by atoms with Crippen LogP contribution in [0.4, 0.5) is 0 Å². The summed E-state index contributed by atoms with van der Waals surface area (Å²) in [4.78, 5) is 31.5. The van der Waals surface area contributed by atoms with E-state index in [2.05, 4.69) is 4.98 Å². The zero-order chi connectivity index (χ0) is 22.8. The maximum atomic E-state index is 13.1. The second-order valence-corrected chi connectivity index (χ2v) is 7.64. The van der Waals surface area contributed by atoms with Crippen LogP contribution in [0.2, 0.25) is 5.02 Å². The van der Waals surface area contributed by atoms with Crippen molar-refractivity contribution >= 4 is 29.1 Å². The minimum absolute atomic E-state index is 0.0260. The minimum Gasteiger partial charge on any atom is -0.508 e. The molecule has 4 rings (SSSR count). The fourth-order valence-electron chi connectivity index (χ4n) is 3.74. The molecule has 1 fully saturated rings. The lowest BCUT2D eigenvalue weighted by Crippen LogP contribution is -2.29. The number of rotatable bonds is 5. The number of nitrogens with zero attached hydrogens (tertiary/aromatic N) is 2. The Morgan fingerprint density at radius 2 is 1.97 bits per heavy atom. The number of likely N-dealkylation sites (tertiary alicyclic amines) is 1. The molecule has 0 bridgehead atoms. The number of aliphatic hydroxyl groups excluding tert-OH is 1. The number of pyridine rings is 1. The Bertz CT molecular complexity index is 1230. The van der Waals surface area contributed by atoms with Crippen LogP contribution in [0.15, 0.2) is 72.6 Å². The van der Waals surface area contributed by atoms with Crippen molar-refractivity contribution < 1.29 is 24.5 Å². The average Bonchev–Trinajstić information content (AvgIpc) is 3.04. The van der Waals surface area contributed by atoms with E-state index >= 15 is 0 Å². The molecule has 1 saturated heterocycles. The van der Waals surface area contributed by atoms with Crippen LogP contribution in [0.25, 0.3) is 5.76 Å². The number of aromatic nitrogens is 1. The van der Waals surface area contributed by atoms with Crippen molar-refractivity contribution in [2.75, 3.05) is 7.11 Å². The summed E-state index contributed by atoms with van der Waals surface area (Å²) in [5.41, 5.74) is 1.37. The van der Waals surface area contributed by atoms with E-state index in [1.54, 1.807) is 48.8 Å². The normalized spacial score (nSPS) is 17.6. The van der Waals surface area contributed by atoms with Gasteiger partial charge in [0.05, 0.1) is 23.7 Å². The number of ketones is 1. The molecule has 1 amide bonds. The Morgan fingerprint density at radius 1 is 1.16 bits per heavy atom. The van der Waals surface area contributed by atoms with Crippen molar-refractivity contribution in [1.29, 1.82) is 0 Å². The molecule has 7 nitrogen and oxygen atoms in total. The number of ether oxygens (including phenoxy) is 1. The number of benzene rings is 2. The molecule has 0 radical (unpaired) electrons. The van der Waals surface area contributed by atoms with Gasteiger partial charge in [-0.15, -0.1) is 0 Å². The van der Waals surface area contributed by atoms with Crippen molar-refractivity contribution in [2.24, 2.45) is 0 Å². The van der Waals surface area contributed by atoms with Gasteiger partial charge >= 0.3 is 0 Å². The van der Waals surface area contributed by atoms with Crippen LogP contribution in [0.5, 0.6) is 11.5 Å². The third-order valence-electron chi connectivity index (χ3n) is 5.23. The largest absolute Gasteiger partial charge is 0.508 e. The molecule has 1 aromatic heterocycles. The van der Waals surface area contributed by atoms with Crippen LogP contribution in [0.3, 0.4) is 0 Å². The van der Waals surface area contributed by atoms with Crippen LogP contribution < -0.4 is 4.74 Å². The lowest BCUT2D eigenvalue weighted by Gasteiger charge is -2.25. The molecule has 162 valence electrons. The van der Waals surface area contributed by atoms with E-state index in [9.17, 15) is 19.8 Å². The quantitative estimate of drug-likeness (QED) is 0.345. The Hall–Kier alpha value is -3.84. The molecule has 0 spiro atoms. The topological polar surface area (TPSA) is 100.0 Å². The Kier molecular flexibility index (Phi) is 5.83. The predicted octanol–water partition coefficient (Wildman–Crippen LogP) is 4.07. The highest BCUT2D eigenvalue weighted by Crippen LogP contribution is 2.41. The third kappa shape index (κ3) is 3.90. The van der Waals surface area contributed by atoms with Crippen molar-refractivity contribution in [2.45, 2.75) is 12.6 Å². The van der Waals surface area contributed by atoms with E-state index in [4.69, 9.17) is 16.3 Å². The van der Waals surface area contributed by atoms with Gasteiger partial charge in [0.1, 0.15) is 17.3 Å². The van der Waals surface area contributed by atoms with Crippen LogP contribution in [0, 0.1) is 0 Å². The Labute approximate surface area is 189 Å². The summed E-state index contributed by atoms with van der Waals surface area (Å²) in [5, 5.41) is 21.3. The van der Waals surface area contributed by atoms with Gasteiger partial charge in [-0.3, -0.25) is 14.6 Å². The second kappa shape index (κ2) is 8.72. The van der Waals surface area contributed by atoms with Gasteiger partial charge in [-0.2, -0.15) is 0 Å². The van der Waals surface area contributed by atoms with Gasteiger partial charge in [-0.1, -0.05) is 29.8 Å². The van der Waals surface area contributed by atoms with Crippen molar-refractivity contribution in [3.05, 3.63) is 94.3 Å². The molecule has 3 aromatic rings. The summed E-state index contributed by atoms with van der Waals surface area (Å²) < 4.78 is 5.14. The Morgan fingerprint density at radius 3 is 2.62 bits per heavy atom. The number of carbonyl (C=O) groups excluding carboxylic acids is 2. The maximum Gasteiger partial charge on any atom is 0.295 e. The molecule has 2 heterocycles. The highest BCUT2D eigenvalue weighted by atomic mass is 35.5. The monoisotopic (exact) mass is 450 g/mol. The first-order valence-electron chi connectivity index (χ1n) is 9.71. The van der Waals surface area contributed by atoms with Crippen molar-refractivity contribution in [1.82, 2.24) is 9.88 Å².